The standard InChI is InChI=1S/C16H28N2O2S/c1-6-14-9-8-13(11-17-5)10-15(14)21(19,20)18-12-16(3,4)7-2/h8-10,17-18H,6-7,11-12H2,1-5H3. The fourth-order valence-corrected chi connectivity index (χ4v) is 3.55. The highest BCUT2D eigenvalue weighted by molar-refractivity contribution is 7.89. The van der Waals surface area contributed by atoms with Crippen molar-refractivity contribution >= 4 is 10.0 Å². The number of rotatable bonds is 8. The Morgan fingerprint density at radius 3 is 2.38 bits per heavy atom. The summed E-state index contributed by atoms with van der Waals surface area (Å²) in [6, 6.07) is 5.66. The van der Waals surface area contributed by atoms with E-state index >= 15 is 0 Å². The van der Waals surface area contributed by atoms with Gasteiger partial charge in [0.15, 0.2) is 0 Å². The van der Waals surface area contributed by atoms with Gasteiger partial charge < -0.3 is 5.32 Å². The van der Waals surface area contributed by atoms with Crippen molar-refractivity contribution in [2.24, 2.45) is 5.41 Å². The van der Waals surface area contributed by atoms with E-state index in [4.69, 9.17) is 0 Å². The number of aryl methyl sites for hydroxylation is 1. The molecule has 0 bridgehead atoms. The predicted molar refractivity (Wildman–Crippen MR) is 87.8 cm³/mol. The van der Waals surface area contributed by atoms with Crippen molar-refractivity contribution in [2.45, 2.75) is 52.0 Å². The van der Waals surface area contributed by atoms with E-state index in [1.807, 2.05) is 26.1 Å². The van der Waals surface area contributed by atoms with E-state index in [2.05, 4.69) is 30.8 Å². The minimum absolute atomic E-state index is 0.0397. The van der Waals surface area contributed by atoms with Gasteiger partial charge in [0.1, 0.15) is 0 Å². The molecule has 0 aliphatic rings. The van der Waals surface area contributed by atoms with Crippen LogP contribution < -0.4 is 10.0 Å². The zero-order valence-electron chi connectivity index (χ0n) is 13.8. The summed E-state index contributed by atoms with van der Waals surface area (Å²) in [5.74, 6) is 0. The molecule has 2 N–H and O–H groups in total. The molecule has 1 rings (SSSR count). The zero-order chi connectivity index (χ0) is 16.1. The molecule has 5 heteroatoms. The molecule has 120 valence electrons. The van der Waals surface area contributed by atoms with Gasteiger partial charge in [-0.2, -0.15) is 0 Å². The summed E-state index contributed by atoms with van der Waals surface area (Å²) in [6.45, 7) is 9.28. The third-order valence-electron chi connectivity index (χ3n) is 3.88. The Labute approximate surface area is 129 Å². The van der Waals surface area contributed by atoms with Crippen molar-refractivity contribution in [3.05, 3.63) is 29.3 Å². The maximum Gasteiger partial charge on any atom is 0.240 e. The Morgan fingerprint density at radius 2 is 1.86 bits per heavy atom. The van der Waals surface area contributed by atoms with Crippen molar-refractivity contribution in [1.29, 1.82) is 0 Å². The van der Waals surface area contributed by atoms with Gasteiger partial charge in [-0.05, 0) is 42.5 Å². The summed E-state index contributed by atoms with van der Waals surface area (Å²) in [7, 11) is -1.61. The molecule has 0 aromatic heterocycles. The summed E-state index contributed by atoms with van der Waals surface area (Å²) >= 11 is 0. The molecule has 0 radical (unpaired) electrons. The highest BCUT2D eigenvalue weighted by Crippen LogP contribution is 2.22. The summed E-state index contributed by atoms with van der Waals surface area (Å²) in [5, 5.41) is 3.05. The maximum atomic E-state index is 12.6. The Bertz CT molecular complexity index is 566. The molecule has 21 heavy (non-hydrogen) atoms. The van der Waals surface area contributed by atoms with E-state index < -0.39 is 10.0 Å². The molecule has 1 aromatic carbocycles. The summed E-state index contributed by atoms with van der Waals surface area (Å²) < 4.78 is 28.0. The molecule has 4 nitrogen and oxygen atoms in total. The molecule has 0 amide bonds. The summed E-state index contributed by atoms with van der Waals surface area (Å²) in [6.07, 6.45) is 1.63. The van der Waals surface area contributed by atoms with Crippen LogP contribution in [0.2, 0.25) is 0 Å². The van der Waals surface area contributed by atoms with Crippen molar-refractivity contribution in [3.63, 3.8) is 0 Å². The number of nitrogens with one attached hydrogen (secondary N) is 2. The van der Waals surface area contributed by atoms with Crippen molar-refractivity contribution in [2.75, 3.05) is 13.6 Å². The summed E-state index contributed by atoms with van der Waals surface area (Å²) in [5.41, 5.74) is 1.80. The Kier molecular flexibility index (Phi) is 6.38. The molecule has 0 fully saturated rings. The maximum absolute atomic E-state index is 12.6. The van der Waals surface area contributed by atoms with Gasteiger partial charge in [-0.3, -0.25) is 0 Å². The first kappa shape index (κ1) is 18.1. The molecule has 0 unspecified atom stereocenters. The van der Waals surface area contributed by atoms with Crippen LogP contribution in [0.15, 0.2) is 23.1 Å². The van der Waals surface area contributed by atoms with Gasteiger partial charge in [0.25, 0.3) is 0 Å². The quantitative estimate of drug-likeness (QED) is 0.776. The molecule has 0 spiro atoms. The highest BCUT2D eigenvalue weighted by Gasteiger charge is 2.22. The minimum atomic E-state index is -3.46. The number of sulfonamides is 1. The van der Waals surface area contributed by atoms with Crippen LogP contribution in [0.25, 0.3) is 0 Å². The van der Waals surface area contributed by atoms with E-state index in [0.717, 1.165) is 17.5 Å². The van der Waals surface area contributed by atoms with E-state index in [9.17, 15) is 8.42 Å². The van der Waals surface area contributed by atoms with Gasteiger partial charge in [0.05, 0.1) is 4.90 Å². The lowest BCUT2D eigenvalue weighted by molar-refractivity contribution is 0.350. The second-order valence-corrected chi connectivity index (χ2v) is 7.90. The first-order chi connectivity index (χ1) is 9.75. The Hall–Kier alpha value is -0.910. The van der Waals surface area contributed by atoms with Gasteiger partial charge >= 0.3 is 0 Å². The van der Waals surface area contributed by atoms with Crippen LogP contribution in [0.3, 0.4) is 0 Å². The minimum Gasteiger partial charge on any atom is -0.316 e. The van der Waals surface area contributed by atoms with Gasteiger partial charge in [0.2, 0.25) is 10.0 Å². The number of benzene rings is 1. The third kappa shape index (κ3) is 5.09. The summed E-state index contributed by atoms with van der Waals surface area (Å²) in [4.78, 5) is 0.407. The first-order valence-corrected chi connectivity index (χ1v) is 9.00. The largest absolute Gasteiger partial charge is 0.316 e. The molecule has 0 aliphatic heterocycles. The van der Waals surface area contributed by atoms with Crippen LogP contribution in [0, 0.1) is 5.41 Å². The molecule has 0 saturated carbocycles. The zero-order valence-corrected chi connectivity index (χ0v) is 14.6. The fraction of sp³-hybridized carbons (Fsp3) is 0.625. The van der Waals surface area contributed by atoms with E-state index in [1.165, 1.54) is 0 Å². The SMILES string of the molecule is CCc1ccc(CNC)cc1S(=O)(=O)NCC(C)(C)CC. The molecule has 0 aliphatic carbocycles. The fourth-order valence-electron chi connectivity index (χ4n) is 1.95. The van der Waals surface area contributed by atoms with Crippen molar-refractivity contribution < 1.29 is 8.42 Å². The average Bonchev–Trinajstić information content (AvgIpc) is 2.46. The third-order valence-corrected chi connectivity index (χ3v) is 5.36. The molecule has 0 saturated heterocycles. The highest BCUT2D eigenvalue weighted by atomic mass is 32.2. The smallest absolute Gasteiger partial charge is 0.240 e. The topological polar surface area (TPSA) is 58.2 Å². The number of hydrogen-bond acceptors (Lipinski definition) is 3. The first-order valence-electron chi connectivity index (χ1n) is 7.52. The van der Waals surface area contributed by atoms with Gasteiger partial charge in [-0.25, -0.2) is 13.1 Å². The molecule has 0 atom stereocenters. The van der Waals surface area contributed by atoms with Crippen LogP contribution >= 0.6 is 0 Å². The normalized spacial score (nSPS) is 12.6. The Balaban J connectivity index is 3.08. The van der Waals surface area contributed by atoms with Gasteiger partial charge in [0, 0.05) is 13.1 Å². The lowest BCUT2D eigenvalue weighted by atomic mass is 9.91. The van der Waals surface area contributed by atoms with Gasteiger partial charge in [-0.15, -0.1) is 0 Å². The number of hydrogen-bond donors (Lipinski definition) is 2. The second kappa shape index (κ2) is 7.38. The second-order valence-electron chi connectivity index (χ2n) is 6.17. The van der Waals surface area contributed by atoms with E-state index in [-0.39, 0.29) is 5.41 Å². The lowest BCUT2D eigenvalue weighted by Gasteiger charge is -2.23. The lowest BCUT2D eigenvalue weighted by Crippen LogP contribution is -2.34. The van der Waals surface area contributed by atoms with Crippen molar-refractivity contribution in [3.8, 4) is 0 Å². The molecule has 1 aromatic rings. The molecular formula is C16H28N2O2S. The molecular weight excluding hydrogens is 284 g/mol. The predicted octanol–water partition coefficient (Wildman–Crippen LogP) is 2.68. The van der Waals surface area contributed by atoms with Crippen LogP contribution in [0.5, 0.6) is 0 Å². The van der Waals surface area contributed by atoms with Crippen LogP contribution in [0.4, 0.5) is 0 Å². The van der Waals surface area contributed by atoms with Crippen LogP contribution in [0.1, 0.15) is 45.2 Å². The van der Waals surface area contributed by atoms with Crippen LogP contribution in [-0.4, -0.2) is 22.0 Å². The molecule has 0 heterocycles. The van der Waals surface area contributed by atoms with Gasteiger partial charge in [-0.1, -0.05) is 39.8 Å². The monoisotopic (exact) mass is 312 g/mol. The van der Waals surface area contributed by atoms with E-state index in [1.54, 1.807) is 6.07 Å². The Morgan fingerprint density at radius 1 is 1.19 bits per heavy atom. The van der Waals surface area contributed by atoms with Crippen LogP contribution in [-0.2, 0) is 23.0 Å². The average molecular weight is 312 g/mol. The van der Waals surface area contributed by atoms with E-state index in [0.29, 0.717) is 24.4 Å². The van der Waals surface area contributed by atoms with Crippen molar-refractivity contribution in [1.82, 2.24) is 10.0 Å².